The van der Waals surface area contributed by atoms with Crippen molar-refractivity contribution in [2.75, 3.05) is 0 Å². The molecule has 2 aliphatic rings. The fourth-order valence-electron chi connectivity index (χ4n) is 5.07. The Kier molecular flexibility index (Phi) is 4.83. The minimum absolute atomic E-state index is 0.285. The fraction of sp³-hybridized carbons (Fsp3) is 0.700. The number of rotatable bonds is 1. The van der Waals surface area contributed by atoms with Crippen molar-refractivity contribution in [3.8, 4) is 0 Å². The van der Waals surface area contributed by atoms with Gasteiger partial charge in [0.05, 0.1) is 0 Å². The zero-order chi connectivity index (χ0) is 20.3. The van der Waals surface area contributed by atoms with Crippen molar-refractivity contribution in [1.29, 1.82) is 0 Å². The van der Waals surface area contributed by atoms with Gasteiger partial charge in [0.1, 0.15) is 0 Å². The third-order valence-electron chi connectivity index (χ3n) is 6.64. The molecule has 1 saturated carbocycles. The molecule has 0 spiro atoms. The van der Waals surface area contributed by atoms with Gasteiger partial charge in [0.15, 0.2) is 0 Å². The van der Waals surface area contributed by atoms with E-state index in [1.54, 1.807) is 0 Å². The van der Waals surface area contributed by atoms with E-state index >= 15 is 0 Å². The highest BCUT2D eigenvalue weighted by atomic mass is 19.4. The monoisotopic (exact) mass is 396 g/mol. The number of fused-ring (bicyclic) bond motifs is 3. The van der Waals surface area contributed by atoms with Crippen LogP contribution in [0.25, 0.3) is 0 Å². The van der Waals surface area contributed by atoms with Gasteiger partial charge in [-0.3, -0.25) is 0 Å². The summed E-state index contributed by atoms with van der Waals surface area (Å²) in [6.45, 7) is 4.22. The first-order chi connectivity index (χ1) is 12.3. The molecule has 0 amide bonds. The molecule has 1 aromatic rings. The minimum atomic E-state index is -6.07. The van der Waals surface area contributed by atoms with Gasteiger partial charge in [0, 0.05) is 5.56 Å². The van der Waals surface area contributed by atoms with Crippen LogP contribution in [0, 0.1) is 11.8 Å². The zero-order valence-electron chi connectivity index (χ0n) is 15.3. The number of hydrogen-bond acceptors (Lipinski definition) is 0. The van der Waals surface area contributed by atoms with Crippen molar-refractivity contribution in [2.45, 2.75) is 75.8 Å². The lowest BCUT2D eigenvalue weighted by Crippen LogP contribution is -2.50. The Labute approximate surface area is 154 Å². The van der Waals surface area contributed by atoms with Crippen LogP contribution >= 0.6 is 0 Å². The van der Waals surface area contributed by atoms with Gasteiger partial charge in [-0.1, -0.05) is 44.9 Å². The van der Waals surface area contributed by atoms with Gasteiger partial charge >= 0.3 is 18.0 Å². The van der Waals surface area contributed by atoms with Gasteiger partial charge in [-0.25, -0.2) is 4.39 Å². The van der Waals surface area contributed by atoms with Crippen molar-refractivity contribution >= 4 is 0 Å². The molecule has 3 unspecified atom stereocenters. The summed E-state index contributed by atoms with van der Waals surface area (Å²) in [5.74, 6) is 0.889. The molecule has 0 heterocycles. The quantitative estimate of drug-likeness (QED) is 0.448. The number of hydrogen-bond donors (Lipinski definition) is 0. The summed E-state index contributed by atoms with van der Waals surface area (Å²) in [6.07, 6.45) is -7.19. The molecule has 3 rings (SSSR count). The molecule has 0 saturated heterocycles. The smallest absolute Gasteiger partial charge is 0.218 e. The molecule has 1 fully saturated rings. The maximum atomic E-state index is 14.4. The molecule has 27 heavy (non-hydrogen) atoms. The summed E-state index contributed by atoms with van der Waals surface area (Å²) < 4.78 is 92.8. The largest absolute Gasteiger partial charge is 0.435 e. The molecular formula is C20H23F7. The summed E-state index contributed by atoms with van der Waals surface area (Å²) in [5, 5.41) is 0. The van der Waals surface area contributed by atoms with Gasteiger partial charge in [0.25, 0.3) is 0 Å². The molecular weight excluding hydrogens is 373 g/mol. The van der Waals surface area contributed by atoms with Crippen molar-refractivity contribution in [1.82, 2.24) is 0 Å². The number of aryl methyl sites for hydroxylation is 1. The number of benzene rings is 1. The fourth-order valence-corrected chi connectivity index (χ4v) is 5.07. The molecule has 2 aliphatic carbocycles. The SMILES string of the molecule is CC1CCCC2(C)c3ccc(C(F)(C(F)(F)F)C(F)(F)F)cc3CCC2C1. The molecule has 0 bridgehead atoms. The Morgan fingerprint density at radius 1 is 0.963 bits per heavy atom. The predicted molar refractivity (Wildman–Crippen MR) is 88.1 cm³/mol. The van der Waals surface area contributed by atoms with Crippen molar-refractivity contribution < 1.29 is 30.7 Å². The summed E-state index contributed by atoms with van der Waals surface area (Å²) in [6, 6.07) is 2.78. The van der Waals surface area contributed by atoms with E-state index in [1.807, 2.05) is 6.92 Å². The highest BCUT2D eigenvalue weighted by molar-refractivity contribution is 5.43. The number of alkyl halides is 7. The van der Waals surface area contributed by atoms with Crippen LogP contribution in [-0.4, -0.2) is 12.4 Å². The van der Waals surface area contributed by atoms with Gasteiger partial charge in [0.2, 0.25) is 0 Å². The van der Waals surface area contributed by atoms with Gasteiger partial charge in [-0.2, -0.15) is 26.3 Å². The third kappa shape index (κ3) is 3.15. The first kappa shape index (κ1) is 20.5. The maximum absolute atomic E-state index is 14.4. The lowest BCUT2D eigenvalue weighted by molar-refractivity contribution is -0.348. The van der Waals surface area contributed by atoms with Gasteiger partial charge in [-0.05, 0) is 54.1 Å². The molecule has 1 aromatic carbocycles. The van der Waals surface area contributed by atoms with E-state index in [2.05, 4.69) is 6.92 Å². The lowest BCUT2D eigenvalue weighted by atomic mass is 9.61. The third-order valence-corrected chi connectivity index (χ3v) is 6.64. The van der Waals surface area contributed by atoms with E-state index in [0.29, 0.717) is 36.3 Å². The summed E-state index contributed by atoms with van der Waals surface area (Å²) >= 11 is 0. The topological polar surface area (TPSA) is 0 Å². The first-order valence-corrected chi connectivity index (χ1v) is 9.27. The number of halogens is 7. The van der Waals surface area contributed by atoms with Crippen LogP contribution in [-0.2, 0) is 17.5 Å². The Bertz CT molecular complexity index is 689. The van der Waals surface area contributed by atoms with Crippen molar-refractivity contribution in [3.05, 3.63) is 34.9 Å². The molecule has 0 nitrogen and oxygen atoms in total. The average molecular weight is 396 g/mol. The summed E-state index contributed by atoms with van der Waals surface area (Å²) in [5.41, 5.74) is -5.82. The van der Waals surface area contributed by atoms with E-state index in [1.165, 1.54) is 6.07 Å². The molecule has 0 aromatic heterocycles. The van der Waals surface area contributed by atoms with Crippen LogP contribution in [0.3, 0.4) is 0 Å². The second-order valence-corrected chi connectivity index (χ2v) is 8.41. The van der Waals surface area contributed by atoms with Crippen LogP contribution in [0.2, 0.25) is 0 Å². The minimum Gasteiger partial charge on any atom is -0.218 e. The summed E-state index contributed by atoms with van der Waals surface area (Å²) in [7, 11) is 0. The molecule has 152 valence electrons. The Balaban J connectivity index is 2.08. The van der Waals surface area contributed by atoms with Crippen LogP contribution < -0.4 is 0 Å². The van der Waals surface area contributed by atoms with E-state index in [-0.39, 0.29) is 5.41 Å². The maximum Gasteiger partial charge on any atom is 0.435 e. The zero-order valence-corrected chi connectivity index (χ0v) is 15.3. The lowest BCUT2D eigenvalue weighted by Gasteiger charge is -2.43. The molecule has 0 N–H and O–H groups in total. The second-order valence-electron chi connectivity index (χ2n) is 8.41. The van der Waals surface area contributed by atoms with Crippen LogP contribution in [0.4, 0.5) is 30.7 Å². The highest BCUT2D eigenvalue weighted by Gasteiger charge is 2.73. The highest BCUT2D eigenvalue weighted by Crippen LogP contribution is 2.55. The molecule has 3 atom stereocenters. The van der Waals surface area contributed by atoms with Crippen LogP contribution in [0.15, 0.2) is 18.2 Å². The molecule has 7 heteroatoms. The van der Waals surface area contributed by atoms with Crippen molar-refractivity contribution in [3.63, 3.8) is 0 Å². The van der Waals surface area contributed by atoms with E-state index < -0.39 is 23.6 Å². The normalized spacial score (nSPS) is 29.7. The van der Waals surface area contributed by atoms with Gasteiger partial charge < -0.3 is 0 Å². The first-order valence-electron chi connectivity index (χ1n) is 9.27. The van der Waals surface area contributed by atoms with E-state index in [4.69, 9.17) is 0 Å². The van der Waals surface area contributed by atoms with Crippen LogP contribution in [0.5, 0.6) is 0 Å². The molecule has 0 radical (unpaired) electrons. The average Bonchev–Trinajstić information content (AvgIpc) is 2.69. The van der Waals surface area contributed by atoms with Gasteiger partial charge in [-0.15, -0.1) is 0 Å². The van der Waals surface area contributed by atoms with Crippen LogP contribution in [0.1, 0.15) is 62.6 Å². The standard InChI is InChI=1S/C20H23F7/c1-12-4-3-9-17(2)14(10-12)6-5-13-11-15(7-8-16(13)17)18(21,19(22,23)24)20(25,26)27/h7-8,11-12,14H,3-6,9-10H2,1-2H3. The Hall–Kier alpha value is -1.27. The van der Waals surface area contributed by atoms with Crippen molar-refractivity contribution in [2.24, 2.45) is 11.8 Å². The second kappa shape index (κ2) is 6.38. The summed E-state index contributed by atoms with van der Waals surface area (Å²) in [4.78, 5) is 0. The Morgan fingerprint density at radius 3 is 2.19 bits per heavy atom. The molecule has 0 aliphatic heterocycles. The van der Waals surface area contributed by atoms with E-state index in [0.717, 1.165) is 37.3 Å². The predicted octanol–water partition coefficient (Wildman–Crippen LogP) is 7.01. The Morgan fingerprint density at radius 2 is 1.59 bits per heavy atom. The van der Waals surface area contributed by atoms with E-state index in [9.17, 15) is 30.7 Å².